The Bertz CT molecular complexity index is 452. The summed E-state index contributed by atoms with van der Waals surface area (Å²) in [5.74, 6) is 0.0432. The molecular formula is C13H14F3NO. The molecule has 0 radical (unpaired) electrons. The maximum absolute atomic E-state index is 12.6. The van der Waals surface area contributed by atoms with Crippen LogP contribution >= 0.6 is 0 Å². The highest BCUT2D eigenvalue weighted by atomic mass is 19.4. The van der Waals surface area contributed by atoms with Crippen LogP contribution in [0.3, 0.4) is 0 Å². The molecule has 0 bridgehead atoms. The van der Waals surface area contributed by atoms with E-state index in [0.717, 1.165) is 25.0 Å². The number of benzene rings is 1. The van der Waals surface area contributed by atoms with Crippen molar-refractivity contribution < 1.29 is 18.0 Å². The van der Waals surface area contributed by atoms with E-state index >= 15 is 0 Å². The number of rotatable bonds is 3. The second-order valence-corrected chi connectivity index (χ2v) is 4.64. The molecule has 1 N–H and O–H groups in total. The highest BCUT2D eigenvalue weighted by molar-refractivity contribution is 5.73. The third kappa shape index (κ3) is 3.03. The van der Waals surface area contributed by atoms with Gasteiger partial charge in [-0.05, 0) is 36.5 Å². The average molecular weight is 257 g/mol. The Hall–Kier alpha value is -1.52. The highest BCUT2D eigenvalue weighted by Gasteiger charge is 2.35. The first kappa shape index (κ1) is 12.9. The zero-order valence-corrected chi connectivity index (χ0v) is 9.92. The predicted octanol–water partition coefficient (Wildman–Crippen LogP) is 3.29. The molecule has 5 heteroatoms. The normalized spacial score (nSPS) is 17.3. The first-order chi connectivity index (χ1) is 8.38. The Balaban J connectivity index is 2.27. The van der Waals surface area contributed by atoms with Crippen molar-refractivity contribution in [3.8, 4) is 0 Å². The van der Waals surface area contributed by atoms with E-state index in [0.29, 0.717) is 5.56 Å². The van der Waals surface area contributed by atoms with Gasteiger partial charge in [0, 0.05) is 6.92 Å². The number of nitrogens with one attached hydrogen (secondary N) is 1. The lowest BCUT2D eigenvalue weighted by atomic mass is 10.00. The van der Waals surface area contributed by atoms with Gasteiger partial charge in [0.2, 0.25) is 5.91 Å². The van der Waals surface area contributed by atoms with Crippen LogP contribution in [0.5, 0.6) is 0 Å². The number of halogens is 3. The second kappa shape index (κ2) is 4.63. The van der Waals surface area contributed by atoms with Crippen molar-refractivity contribution in [3.05, 3.63) is 35.4 Å². The number of alkyl halides is 3. The Labute approximate surface area is 103 Å². The fraction of sp³-hybridized carbons (Fsp3) is 0.462. The van der Waals surface area contributed by atoms with E-state index < -0.39 is 11.7 Å². The molecule has 0 aliphatic heterocycles. The molecule has 1 aliphatic carbocycles. The molecule has 98 valence electrons. The topological polar surface area (TPSA) is 29.1 Å². The van der Waals surface area contributed by atoms with Gasteiger partial charge in [-0.1, -0.05) is 12.1 Å². The molecule has 1 aromatic rings. The molecule has 1 saturated carbocycles. The molecular weight excluding hydrogens is 243 g/mol. The molecule has 0 aromatic heterocycles. The fourth-order valence-electron chi connectivity index (χ4n) is 2.03. The first-order valence-corrected chi connectivity index (χ1v) is 5.82. The smallest absolute Gasteiger partial charge is 0.349 e. The van der Waals surface area contributed by atoms with Gasteiger partial charge >= 0.3 is 6.18 Å². The molecule has 18 heavy (non-hydrogen) atoms. The van der Waals surface area contributed by atoms with E-state index in [1.807, 2.05) is 0 Å². The molecule has 0 spiro atoms. The highest BCUT2D eigenvalue weighted by Crippen LogP contribution is 2.42. The second-order valence-electron chi connectivity index (χ2n) is 4.64. The van der Waals surface area contributed by atoms with Crippen LogP contribution in [-0.2, 0) is 11.0 Å². The van der Waals surface area contributed by atoms with Crippen LogP contribution in [0, 0.1) is 5.92 Å². The molecule has 0 heterocycles. The largest absolute Gasteiger partial charge is 0.416 e. The van der Waals surface area contributed by atoms with Crippen LogP contribution in [0.25, 0.3) is 0 Å². The summed E-state index contributed by atoms with van der Waals surface area (Å²) in [5.41, 5.74) is -0.140. The van der Waals surface area contributed by atoms with Crippen molar-refractivity contribution in [1.29, 1.82) is 0 Å². The van der Waals surface area contributed by atoms with Crippen LogP contribution < -0.4 is 5.32 Å². The van der Waals surface area contributed by atoms with Gasteiger partial charge in [0.1, 0.15) is 0 Å². The summed E-state index contributed by atoms with van der Waals surface area (Å²) in [6.45, 7) is 1.38. The van der Waals surface area contributed by atoms with Gasteiger partial charge in [-0.2, -0.15) is 13.2 Å². The summed E-state index contributed by atoms with van der Waals surface area (Å²) >= 11 is 0. The minimum absolute atomic E-state index is 0.218. The Morgan fingerprint density at radius 3 is 2.56 bits per heavy atom. The number of hydrogen-bond donors (Lipinski definition) is 1. The van der Waals surface area contributed by atoms with Crippen molar-refractivity contribution in [2.75, 3.05) is 0 Å². The van der Waals surface area contributed by atoms with E-state index in [2.05, 4.69) is 5.32 Å². The summed E-state index contributed by atoms with van der Waals surface area (Å²) < 4.78 is 37.9. The summed E-state index contributed by atoms with van der Waals surface area (Å²) in [4.78, 5) is 11.1. The van der Waals surface area contributed by atoms with Crippen molar-refractivity contribution in [3.63, 3.8) is 0 Å². The standard InChI is InChI=1S/C13H14F3NO/c1-8(18)17-12(9-5-6-9)10-3-2-4-11(7-10)13(14,15)16/h2-4,7,9,12H,5-6H2,1H3,(H,17,18)/t12-/m0/s1. The summed E-state index contributed by atoms with van der Waals surface area (Å²) in [6, 6.07) is 4.88. The zero-order chi connectivity index (χ0) is 13.3. The van der Waals surface area contributed by atoms with Crippen LogP contribution in [0.15, 0.2) is 24.3 Å². The van der Waals surface area contributed by atoms with Gasteiger partial charge in [-0.3, -0.25) is 4.79 Å². The molecule has 1 atom stereocenters. The van der Waals surface area contributed by atoms with Crippen LogP contribution in [0.4, 0.5) is 13.2 Å². The molecule has 0 saturated heterocycles. The molecule has 2 rings (SSSR count). The van der Waals surface area contributed by atoms with Gasteiger partial charge in [0.15, 0.2) is 0 Å². The number of hydrogen-bond acceptors (Lipinski definition) is 1. The lowest BCUT2D eigenvalue weighted by Crippen LogP contribution is -2.27. The van der Waals surface area contributed by atoms with Crippen molar-refractivity contribution in [2.24, 2.45) is 5.92 Å². The number of amides is 1. The molecule has 1 aliphatic rings. The van der Waals surface area contributed by atoms with E-state index in [-0.39, 0.29) is 17.9 Å². The van der Waals surface area contributed by atoms with Gasteiger partial charge in [-0.25, -0.2) is 0 Å². The predicted molar refractivity (Wildman–Crippen MR) is 60.7 cm³/mol. The molecule has 1 aromatic carbocycles. The quantitative estimate of drug-likeness (QED) is 0.884. The van der Waals surface area contributed by atoms with E-state index in [1.165, 1.54) is 13.0 Å². The van der Waals surface area contributed by atoms with Gasteiger partial charge in [0.05, 0.1) is 11.6 Å². The van der Waals surface area contributed by atoms with E-state index in [1.54, 1.807) is 6.07 Å². The maximum atomic E-state index is 12.6. The number of carbonyl (C=O) groups is 1. The van der Waals surface area contributed by atoms with Gasteiger partial charge in [-0.15, -0.1) is 0 Å². The van der Waals surface area contributed by atoms with Crippen LogP contribution in [-0.4, -0.2) is 5.91 Å². The van der Waals surface area contributed by atoms with E-state index in [4.69, 9.17) is 0 Å². The lowest BCUT2D eigenvalue weighted by Gasteiger charge is -2.19. The zero-order valence-electron chi connectivity index (χ0n) is 9.92. The van der Waals surface area contributed by atoms with Crippen LogP contribution in [0.1, 0.15) is 36.9 Å². The Morgan fingerprint density at radius 2 is 2.06 bits per heavy atom. The SMILES string of the molecule is CC(=O)N[C@H](c1cccc(C(F)(F)F)c1)C1CC1. The minimum atomic E-state index is -4.35. The van der Waals surface area contributed by atoms with Crippen LogP contribution in [0.2, 0.25) is 0 Å². The summed E-state index contributed by atoms with van der Waals surface area (Å²) in [5, 5.41) is 2.73. The van der Waals surface area contributed by atoms with Gasteiger partial charge < -0.3 is 5.32 Å². The van der Waals surface area contributed by atoms with Crippen molar-refractivity contribution in [2.45, 2.75) is 32.0 Å². The van der Waals surface area contributed by atoms with Crippen molar-refractivity contribution >= 4 is 5.91 Å². The third-order valence-corrected chi connectivity index (χ3v) is 3.03. The Kier molecular flexibility index (Phi) is 3.32. The third-order valence-electron chi connectivity index (χ3n) is 3.03. The van der Waals surface area contributed by atoms with E-state index in [9.17, 15) is 18.0 Å². The van der Waals surface area contributed by atoms with Gasteiger partial charge in [0.25, 0.3) is 0 Å². The number of carbonyl (C=O) groups excluding carboxylic acids is 1. The summed E-state index contributed by atoms with van der Waals surface area (Å²) in [7, 11) is 0. The fourth-order valence-corrected chi connectivity index (χ4v) is 2.03. The Morgan fingerprint density at radius 1 is 1.39 bits per heavy atom. The molecule has 2 nitrogen and oxygen atoms in total. The average Bonchev–Trinajstić information content (AvgIpc) is 3.08. The molecule has 0 unspecified atom stereocenters. The molecule has 1 fully saturated rings. The summed E-state index contributed by atoms with van der Waals surface area (Å²) in [6.07, 6.45) is -2.46. The molecule has 1 amide bonds. The van der Waals surface area contributed by atoms with Crippen molar-refractivity contribution in [1.82, 2.24) is 5.32 Å². The minimum Gasteiger partial charge on any atom is -0.349 e. The first-order valence-electron chi connectivity index (χ1n) is 5.82. The monoisotopic (exact) mass is 257 g/mol. The maximum Gasteiger partial charge on any atom is 0.416 e. The lowest BCUT2D eigenvalue weighted by molar-refractivity contribution is -0.137.